The van der Waals surface area contributed by atoms with Crippen LogP contribution in [0, 0.1) is 10.2 Å². The van der Waals surface area contributed by atoms with Gasteiger partial charge in [0.25, 0.3) is 3.79 Å². The average molecular weight is 264 g/mol. The third-order valence-electron chi connectivity index (χ3n) is 0.243. The van der Waals surface area contributed by atoms with E-state index in [0.717, 1.165) is 0 Å². The first-order valence-corrected chi connectivity index (χ1v) is 4.27. The predicted octanol–water partition coefficient (Wildman–Crippen LogP) is -2.68. The molecule has 10 heteroatoms. The monoisotopic (exact) mass is 262 g/mol. The number of aliphatic carboxylic acids is 1. The second-order valence-corrected chi connectivity index (χ2v) is 4.27. The molecular weight excluding hydrogens is 262 g/mol. The van der Waals surface area contributed by atoms with Crippen molar-refractivity contribution in [1.29, 1.82) is 0 Å². The summed E-state index contributed by atoms with van der Waals surface area (Å²) in [5.41, 5.74) is 0. The number of rotatable bonds is 0. The molecular formula is C2H2Cl4O6. The lowest BCUT2D eigenvalue weighted by molar-refractivity contribution is -1.92. The molecule has 0 saturated carbocycles. The minimum Gasteiger partial charge on any atom is -0.478 e. The van der Waals surface area contributed by atoms with Crippen LogP contribution in [-0.4, -0.2) is 19.5 Å². The van der Waals surface area contributed by atoms with E-state index < -0.39 is 20.0 Å². The van der Waals surface area contributed by atoms with Crippen molar-refractivity contribution in [3.63, 3.8) is 0 Å². The highest BCUT2D eigenvalue weighted by atomic mass is 35.7. The van der Waals surface area contributed by atoms with Crippen LogP contribution in [0.1, 0.15) is 0 Å². The Balaban J connectivity index is 0. The molecule has 0 aliphatic carbocycles. The van der Waals surface area contributed by atoms with Gasteiger partial charge in [-0.1, -0.05) is 34.8 Å². The standard InChI is InChI=1S/C2HCl3O2.ClHO4/c3-2(4,5)1(6)7;2-1(3,4)5/h(H,6,7);(H,2,3,4,5). The quantitative estimate of drug-likeness (QED) is 0.459. The molecule has 0 aromatic rings. The summed E-state index contributed by atoms with van der Waals surface area (Å²) in [7, 11) is -4.69. The summed E-state index contributed by atoms with van der Waals surface area (Å²) in [6.07, 6.45) is 0. The second-order valence-electron chi connectivity index (χ2n) is 1.20. The van der Waals surface area contributed by atoms with Gasteiger partial charge in [-0.15, -0.1) is 0 Å². The maximum absolute atomic E-state index is 9.62. The van der Waals surface area contributed by atoms with Gasteiger partial charge in [-0.25, -0.2) is 4.79 Å². The fourth-order valence-corrected chi connectivity index (χ4v) is 0. The van der Waals surface area contributed by atoms with E-state index in [4.69, 9.17) is 58.5 Å². The van der Waals surface area contributed by atoms with Crippen LogP contribution in [-0.2, 0) is 4.79 Å². The molecule has 12 heavy (non-hydrogen) atoms. The molecule has 0 rings (SSSR count). The number of hydrogen-bond acceptors (Lipinski definition) is 5. The Morgan fingerprint density at radius 1 is 1.25 bits per heavy atom. The van der Waals surface area contributed by atoms with E-state index in [-0.39, 0.29) is 0 Å². The summed E-state index contributed by atoms with van der Waals surface area (Å²) in [5, 5.41) is 7.85. The molecule has 0 amide bonds. The first-order chi connectivity index (χ1) is 4.94. The van der Waals surface area contributed by atoms with Gasteiger partial charge in [0.15, 0.2) is 0 Å². The van der Waals surface area contributed by atoms with Gasteiger partial charge in [-0.2, -0.15) is 14.0 Å². The van der Waals surface area contributed by atoms with Crippen molar-refractivity contribution in [3.8, 4) is 0 Å². The number of halogens is 4. The lowest BCUT2D eigenvalue weighted by Gasteiger charge is -2.03. The highest BCUT2D eigenvalue weighted by Gasteiger charge is 2.29. The maximum atomic E-state index is 9.62. The minimum absolute atomic E-state index is 1.46. The molecule has 0 atom stereocenters. The molecule has 0 aliphatic heterocycles. The van der Waals surface area contributed by atoms with Gasteiger partial charge in [0, 0.05) is 0 Å². The van der Waals surface area contributed by atoms with Gasteiger partial charge in [0.2, 0.25) is 0 Å². The largest absolute Gasteiger partial charge is 0.478 e. The van der Waals surface area contributed by atoms with Crippen LogP contribution < -0.4 is 14.0 Å². The van der Waals surface area contributed by atoms with E-state index in [1.54, 1.807) is 0 Å². The van der Waals surface area contributed by atoms with Crippen molar-refractivity contribution < 1.29 is 38.8 Å². The van der Waals surface area contributed by atoms with E-state index in [9.17, 15) is 4.79 Å². The van der Waals surface area contributed by atoms with Crippen LogP contribution in [0.15, 0.2) is 0 Å². The Morgan fingerprint density at radius 2 is 1.33 bits per heavy atom. The van der Waals surface area contributed by atoms with Crippen LogP contribution in [0.2, 0.25) is 0 Å². The molecule has 0 unspecified atom stereocenters. The molecule has 0 aliphatic rings. The summed E-state index contributed by atoms with van der Waals surface area (Å²) in [4.78, 5) is 9.62. The van der Waals surface area contributed by atoms with Crippen molar-refractivity contribution in [2.45, 2.75) is 3.79 Å². The van der Waals surface area contributed by atoms with Crippen molar-refractivity contribution in [3.05, 3.63) is 0 Å². The fraction of sp³-hybridized carbons (Fsp3) is 0.500. The molecule has 74 valence electrons. The smallest absolute Gasteiger partial charge is 0.356 e. The second kappa shape index (κ2) is 5.25. The maximum Gasteiger partial charge on any atom is 0.356 e. The zero-order valence-electron chi connectivity index (χ0n) is 5.04. The van der Waals surface area contributed by atoms with Crippen LogP contribution in [0.4, 0.5) is 0 Å². The average Bonchev–Trinajstić information content (AvgIpc) is 1.55. The first-order valence-electron chi connectivity index (χ1n) is 1.88. The molecule has 0 saturated heterocycles. The molecule has 0 radical (unpaired) electrons. The minimum atomic E-state index is -4.69. The fourth-order valence-electron chi connectivity index (χ4n) is 0. The van der Waals surface area contributed by atoms with E-state index in [2.05, 4.69) is 0 Å². The lowest BCUT2D eigenvalue weighted by atomic mass is 10.8. The Hall–Kier alpha value is 0.470. The van der Waals surface area contributed by atoms with Crippen molar-refractivity contribution >= 4 is 40.8 Å². The van der Waals surface area contributed by atoms with Gasteiger partial charge in [-0.05, 0) is 0 Å². The molecule has 0 spiro atoms. The first kappa shape index (κ1) is 15.0. The van der Waals surface area contributed by atoms with Crippen molar-refractivity contribution in [2.75, 3.05) is 0 Å². The molecule has 0 fully saturated rings. The van der Waals surface area contributed by atoms with Crippen molar-refractivity contribution in [2.24, 2.45) is 0 Å². The van der Waals surface area contributed by atoms with Gasteiger partial charge >= 0.3 is 5.97 Å². The number of alkyl halides is 3. The number of carboxylic acids is 1. The van der Waals surface area contributed by atoms with Crippen LogP contribution in [0.3, 0.4) is 0 Å². The number of carboxylic acid groups (broad SMARTS) is 1. The van der Waals surface area contributed by atoms with E-state index in [1.165, 1.54) is 0 Å². The molecule has 0 bridgehead atoms. The zero-order chi connectivity index (χ0) is 10.6. The summed E-state index contributed by atoms with van der Waals surface area (Å²) in [5.74, 6) is -1.46. The summed E-state index contributed by atoms with van der Waals surface area (Å²) < 4.78 is 30.6. The third kappa shape index (κ3) is 22.4. The lowest BCUT2D eigenvalue weighted by Crippen LogP contribution is -2.58. The number of carbonyl (C=O) groups is 1. The Kier molecular flexibility index (Phi) is 6.55. The van der Waals surface area contributed by atoms with Crippen LogP contribution in [0.5, 0.6) is 0 Å². The van der Waals surface area contributed by atoms with Gasteiger partial charge in [-0.3, -0.25) is 0 Å². The Bertz CT molecular complexity index is 139. The SMILES string of the molecule is O=C(O)C(Cl)(Cl)Cl.[O-][Cl+3]([O-])([O-])O. The van der Waals surface area contributed by atoms with Gasteiger partial charge < -0.3 is 5.11 Å². The third-order valence-corrected chi connectivity index (χ3v) is 0.728. The van der Waals surface area contributed by atoms with Crippen LogP contribution in [0.25, 0.3) is 0 Å². The predicted molar refractivity (Wildman–Crippen MR) is 30.1 cm³/mol. The molecule has 0 heterocycles. The Labute approximate surface area is 83.6 Å². The van der Waals surface area contributed by atoms with Crippen molar-refractivity contribution in [1.82, 2.24) is 0 Å². The summed E-state index contributed by atoms with van der Waals surface area (Å²) in [6, 6.07) is 0. The van der Waals surface area contributed by atoms with E-state index in [1.807, 2.05) is 0 Å². The Morgan fingerprint density at radius 3 is 1.33 bits per heavy atom. The molecule has 2 N–H and O–H groups in total. The normalized spacial score (nSPS) is 11.6. The van der Waals surface area contributed by atoms with Gasteiger partial charge in [0.05, 0.1) is 14.9 Å². The summed E-state index contributed by atoms with van der Waals surface area (Å²) in [6.45, 7) is 0. The highest BCUT2D eigenvalue weighted by molar-refractivity contribution is 6.75. The molecule has 0 aromatic heterocycles. The van der Waals surface area contributed by atoms with Crippen LogP contribution >= 0.6 is 34.8 Å². The molecule has 6 nitrogen and oxygen atoms in total. The van der Waals surface area contributed by atoms with Gasteiger partial charge in [0.1, 0.15) is 0 Å². The summed E-state index contributed by atoms with van der Waals surface area (Å²) >= 11 is 14.4. The van der Waals surface area contributed by atoms with E-state index in [0.29, 0.717) is 0 Å². The number of hydrogen-bond donors (Lipinski definition) is 2. The molecule has 0 aromatic carbocycles. The zero-order valence-corrected chi connectivity index (χ0v) is 8.06. The topological polar surface area (TPSA) is 127 Å². The highest BCUT2D eigenvalue weighted by Crippen LogP contribution is 2.25. The van der Waals surface area contributed by atoms with E-state index >= 15 is 0 Å².